The fourth-order valence-electron chi connectivity index (χ4n) is 11.0. The summed E-state index contributed by atoms with van der Waals surface area (Å²) in [6.45, 7) is 0. The first-order valence-electron chi connectivity index (χ1n) is 21.5. The van der Waals surface area contributed by atoms with E-state index in [1.807, 2.05) is 0 Å². The molecule has 0 atom stereocenters. The molecule has 14 rings (SSSR count). The molecule has 0 saturated carbocycles. The molecule has 2 aromatic heterocycles. The van der Waals surface area contributed by atoms with E-state index in [0.717, 1.165) is 11.4 Å². The van der Waals surface area contributed by atoms with Gasteiger partial charge in [-0.15, -0.1) is 0 Å². The van der Waals surface area contributed by atoms with Gasteiger partial charge in [0.05, 0.1) is 22.1 Å². The Morgan fingerprint density at radius 2 is 0.484 bits per heavy atom. The molecule has 0 saturated heterocycles. The van der Waals surface area contributed by atoms with Gasteiger partial charge in [-0.25, -0.2) is 0 Å². The van der Waals surface area contributed by atoms with Crippen molar-refractivity contribution in [2.45, 2.75) is 0 Å². The van der Waals surface area contributed by atoms with Gasteiger partial charge in [0.15, 0.2) is 0 Å². The van der Waals surface area contributed by atoms with Crippen LogP contribution >= 0.6 is 0 Å². The Hall–Kier alpha value is -8.20. The van der Waals surface area contributed by atoms with Gasteiger partial charge in [-0.2, -0.15) is 0 Å². The van der Waals surface area contributed by atoms with Crippen LogP contribution in [0.5, 0.6) is 0 Å². The molecule has 1 aliphatic carbocycles. The van der Waals surface area contributed by atoms with Gasteiger partial charge in [0.25, 0.3) is 0 Å². The maximum Gasteiger partial charge on any atom is 0.0542 e. The number of hydrogen-bond donors (Lipinski definition) is 0. The zero-order valence-electron chi connectivity index (χ0n) is 33.7. The van der Waals surface area contributed by atoms with Gasteiger partial charge in [-0.3, -0.25) is 0 Å². The molecule has 13 aromatic rings. The highest BCUT2D eigenvalue weighted by Crippen LogP contribution is 2.51. The molecule has 0 bridgehead atoms. The van der Waals surface area contributed by atoms with Crippen molar-refractivity contribution in [2.75, 3.05) is 0 Å². The molecule has 2 heteroatoms. The lowest BCUT2D eigenvalue weighted by Gasteiger charge is -2.25. The van der Waals surface area contributed by atoms with Crippen LogP contribution in [0.15, 0.2) is 218 Å². The summed E-state index contributed by atoms with van der Waals surface area (Å²) in [4.78, 5) is 0. The molecule has 1 aliphatic rings. The van der Waals surface area contributed by atoms with Crippen LogP contribution in [0.4, 0.5) is 0 Å². The Bertz CT molecular complexity index is 3990. The van der Waals surface area contributed by atoms with Crippen LogP contribution in [0.1, 0.15) is 0 Å². The van der Waals surface area contributed by atoms with Crippen molar-refractivity contribution >= 4 is 75.9 Å². The van der Waals surface area contributed by atoms with E-state index in [2.05, 4.69) is 228 Å². The molecule has 0 aliphatic heterocycles. The topological polar surface area (TPSA) is 9.86 Å². The molecule has 11 aromatic carbocycles. The van der Waals surface area contributed by atoms with Gasteiger partial charge in [0.2, 0.25) is 0 Å². The van der Waals surface area contributed by atoms with Crippen LogP contribution in [0.3, 0.4) is 0 Å². The first kappa shape index (κ1) is 33.6. The van der Waals surface area contributed by atoms with E-state index in [1.165, 1.54) is 120 Å². The standard InChI is InChI=1S/C60H36N2/c1-2-19-43-39(15-1)40-16-3-8-22-46(40)54-35-52-44-20-6-4-17-41(44)42-18-5-7-21-45(42)53(52)36-55(54)51-33-37(29-31-47(43)51)62-59-28-14-11-25-50(59)56-34-38(30-32-60(56)62)61-57-26-12-9-23-48(57)49-24-10-13-27-58(49)61/h1-36H. The second kappa shape index (κ2) is 12.7. The minimum Gasteiger partial charge on any atom is -0.309 e. The minimum atomic E-state index is 1.14. The van der Waals surface area contributed by atoms with Crippen LogP contribution in [-0.4, -0.2) is 9.13 Å². The van der Waals surface area contributed by atoms with Gasteiger partial charge in [-0.1, -0.05) is 158 Å². The van der Waals surface area contributed by atoms with Crippen LogP contribution in [0.2, 0.25) is 0 Å². The molecular weight excluding hydrogens is 749 g/mol. The molecule has 0 N–H and O–H groups in total. The van der Waals surface area contributed by atoms with E-state index in [9.17, 15) is 0 Å². The van der Waals surface area contributed by atoms with Crippen molar-refractivity contribution in [1.29, 1.82) is 0 Å². The molecule has 62 heavy (non-hydrogen) atoms. The Morgan fingerprint density at radius 1 is 0.177 bits per heavy atom. The average Bonchev–Trinajstić information content (AvgIpc) is 3.86. The van der Waals surface area contributed by atoms with E-state index in [1.54, 1.807) is 0 Å². The van der Waals surface area contributed by atoms with Gasteiger partial charge in [0, 0.05) is 32.9 Å². The number of fused-ring (bicyclic) bond motifs is 20. The summed E-state index contributed by atoms with van der Waals surface area (Å²) in [6, 6.07) is 81.4. The normalized spacial score (nSPS) is 12.2. The third-order valence-corrected chi connectivity index (χ3v) is 13.7. The van der Waals surface area contributed by atoms with Crippen LogP contribution < -0.4 is 0 Å². The number of rotatable bonds is 2. The quantitative estimate of drug-likeness (QED) is 0.155. The fraction of sp³-hybridized carbons (Fsp3) is 0. The van der Waals surface area contributed by atoms with Crippen molar-refractivity contribution in [2.24, 2.45) is 0 Å². The predicted octanol–water partition coefficient (Wildman–Crippen LogP) is 16.3. The third-order valence-electron chi connectivity index (χ3n) is 13.7. The zero-order chi connectivity index (χ0) is 40.5. The predicted molar refractivity (Wildman–Crippen MR) is 263 cm³/mol. The lowest BCUT2D eigenvalue weighted by Crippen LogP contribution is -2.00. The summed E-state index contributed by atoms with van der Waals surface area (Å²) in [5.41, 5.74) is 17.1. The van der Waals surface area contributed by atoms with Crippen molar-refractivity contribution in [1.82, 2.24) is 9.13 Å². The van der Waals surface area contributed by atoms with Gasteiger partial charge >= 0.3 is 0 Å². The summed E-state index contributed by atoms with van der Waals surface area (Å²) in [6.07, 6.45) is 0. The SMILES string of the molecule is c1ccc2c(c1)-c1ccccc1-c1cc3c4ccccc4c4ccccc4c3cc1-c1cc(-n3c4ccccc4c4cc(-n5c6ccccc6c6ccccc65)ccc43)ccc1-2. The molecule has 0 radical (unpaired) electrons. The maximum atomic E-state index is 2.50. The second-order valence-corrected chi connectivity index (χ2v) is 16.8. The van der Waals surface area contributed by atoms with Crippen molar-refractivity contribution in [3.63, 3.8) is 0 Å². The lowest BCUT2D eigenvalue weighted by atomic mass is 9.79. The minimum absolute atomic E-state index is 1.14. The van der Waals surface area contributed by atoms with Crippen LogP contribution in [0.25, 0.3) is 132 Å². The number of aromatic nitrogens is 2. The third kappa shape index (κ3) is 4.58. The van der Waals surface area contributed by atoms with Crippen LogP contribution in [-0.2, 0) is 0 Å². The van der Waals surface area contributed by atoms with E-state index < -0.39 is 0 Å². The van der Waals surface area contributed by atoms with Gasteiger partial charge < -0.3 is 9.13 Å². The Morgan fingerprint density at radius 3 is 0.984 bits per heavy atom. The van der Waals surface area contributed by atoms with Gasteiger partial charge in [-0.05, 0) is 137 Å². The molecule has 286 valence electrons. The number of nitrogens with zero attached hydrogens (tertiary/aromatic N) is 2. The first-order chi connectivity index (χ1) is 30.8. The number of hydrogen-bond acceptors (Lipinski definition) is 0. The Balaban J connectivity index is 1.07. The fourth-order valence-corrected chi connectivity index (χ4v) is 11.0. The Kier molecular flexibility index (Phi) is 6.86. The molecule has 0 spiro atoms. The molecule has 0 fully saturated rings. The summed E-state index contributed by atoms with van der Waals surface area (Å²) in [7, 11) is 0. The lowest BCUT2D eigenvalue weighted by molar-refractivity contribution is 1.17. The summed E-state index contributed by atoms with van der Waals surface area (Å²) in [5, 5.41) is 12.7. The van der Waals surface area contributed by atoms with E-state index in [4.69, 9.17) is 0 Å². The van der Waals surface area contributed by atoms with E-state index in [-0.39, 0.29) is 0 Å². The molecule has 2 nitrogen and oxygen atoms in total. The summed E-state index contributed by atoms with van der Waals surface area (Å²) < 4.78 is 4.90. The molecule has 0 amide bonds. The van der Waals surface area contributed by atoms with E-state index >= 15 is 0 Å². The highest BCUT2D eigenvalue weighted by atomic mass is 15.0. The number of benzene rings is 11. The van der Waals surface area contributed by atoms with Crippen molar-refractivity contribution in [3.05, 3.63) is 218 Å². The highest BCUT2D eigenvalue weighted by molar-refractivity contribution is 6.27. The van der Waals surface area contributed by atoms with Crippen molar-refractivity contribution < 1.29 is 0 Å². The van der Waals surface area contributed by atoms with E-state index in [0.29, 0.717) is 0 Å². The smallest absolute Gasteiger partial charge is 0.0542 e. The highest BCUT2D eigenvalue weighted by Gasteiger charge is 2.25. The molecule has 0 unspecified atom stereocenters. The average molecular weight is 785 g/mol. The zero-order valence-corrected chi connectivity index (χ0v) is 33.7. The molecule has 2 heterocycles. The first-order valence-corrected chi connectivity index (χ1v) is 21.5. The Labute approximate surface area is 357 Å². The van der Waals surface area contributed by atoms with Gasteiger partial charge in [0.1, 0.15) is 0 Å². The second-order valence-electron chi connectivity index (χ2n) is 16.8. The monoisotopic (exact) mass is 784 g/mol. The molecular formula is C60H36N2. The summed E-state index contributed by atoms with van der Waals surface area (Å²) in [5.74, 6) is 0. The summed E-state index contributed by atoms with van der Waals surface area (Å²) >= 11 is 0. The van der Waals surface area contributed by atoms with Crippen LogP contribution in [0, 0.1) is 0 Å². The van der Waals surface area contributed by atoms with Crippen molar-refractivity contribution in [3.8, 4) is 55.9 Å². The largest absolute Gasteiger partial charge is 0.309 e. The maximum absolute atomic E-state index is 2.50. The number of para-hydroxylation sites is 3.